The first kappa shape index (κ1) is 9.76. The summed E-state index contributed by atoms with van der Waals surface area (Å²) in [7, 11) is 0. The van der Waals surface area contributed by atoms with Crippen LogP contribution in [0.5, 0.6) is 0 Å². The van der Waals surface area contributed by atoms with E-state index in [9.17, 15) is 0 Å². The average molecular weight is 326 g/mol. The number of para-hydroxylation sites is 1. The van der Waals surface area contributed by atoms with Gasteiger partial charge >= 0.3 is 0 Å². The Hall–Kier alpha value is -1.44. The van der Waals surface area contributed by atoms with E-state index in [2.05, 4.69) is 44.0 Å². The summed E-state index contributed by atoms with van der Waals surface area (Å²) in [5.74, 6) is 0.560. The molecule has 2 aromatic heterocycles. The molecule has 0 saturated carbocycles. The third-order valence-electron chi connectivity index (χ3n) is 2.30. The fourth-order valence-corrected chi connectivity index (χ4v) is 2.32. The Morgan fingerprint density at radius 1 is 1.31 bits per heavy atom. The van der Waals surface area contributed by atoms with Crippen molar-refractivity contribution in [3.8, 4) is 0 Å². The maximum absolute atomic E-state index is 5.11. The summed E-state index contributed by atoms with van der Waals surface area (Å²) in [6.07, 6.45) is 1.33. The molecular weight excluding hydrogens is 319 g/mol. The SMILES string of the molecule is Ic1nn(Cc2nnco2)c2ccccc12. The minimum Gasteiger partial charge on any atom is -0.426 e. The highest BCUT2D eigenvalue weighted by Crippen LogP contribution is 2.20. The van der Waals surface area contributed by atoms with Crippen LogP contribution >= 0.6 is 22.6 Å². The standard InChI is InChI=1S/C10H7IN4O/c11-10-7-3-1-2-4-8(7)15(14-10)5-9-13-12-6-16-9/h1-4,6H,5H2. The van der Waals surface area contributed by atoms with Crippen LogP contribution in [0.3, 0.4) is 0 Å². The van der Waals surface area contributed by atoms with Gasteiger partial charge in [-0.25, -0.2) is 0 Å². The van der Waals surface area contributed by atoms with Crippen LogP contribution in [0.4, 0.5) is 0 Å². The number of fused-ring (bicyclic) bond motifs is 1. The molecule has 0 aliphatic heterocycles. The van der Waals surface area contributed by atoms with Crippen molar-refractivity contribution >= 4 is 33.5 Å². The smallest absolute Gasteiger partial charge is 0.237 e. The Morgan fingerprint density at radius 2 is 2.19 bits per heavy atom. The van der Waals surface area contributed by atoms with Gasteiger partial charge in [0, 0.05) is 5.39 Å². The molecule has 0 unspecified atom stereocenters. The van der Waals surface area contributed by atoms with Crippen LogP contribution in [-0.4, -0.2) is 20.0 Å². The Morgan fingerprint density at radius 3 is 3.00 bits per heavy atom. The predicted octanol–water partition coefficient (Wildman–Crippen LogP) is 2.07. The van der Waals surface area contributed by atoms with Crippen LogP contribution in [0.1, 0.15) is 5.89 Å². The summed E-state index contributed by atoms with van der Waals surface area (Å²) in [6.45, 7) is 0.503. The zero-order chi connectivity index (χ0) is 11.0. The minimum atomic E-state index is 0.503. The van der Waals surface area contributed by atoms with Crippen molar-refractivity contribution in [3.05, 3.63) is 40.3 Å². The third-order valence-corrected chi connectivity index (χ3v) is 3.10. The Labute approximate surface area is 105 Å². The van der Waals surface area contributed by atoms with Gasteiger partial charge in [0.05, 0.1) is 5.52 Å². The van der Waals surface area contributed by atoms with Crippen LogP contribution < -0.4 is 0 Å². The second-order valence-corrected chi connectivity index (χ2v) is 4.32. The van der Waals surface area contributed by atoms with Gasteiger partial charge in [-0.05, 0) is 28.7 Å². The molecule has 0 radical (unpaired) electrons. The normalized spacial score (nSPS) is 11.1. The quantitative estimate of drug-likeness (QED) is 0.677. The van der Waals surface area contributed by atoms with Crippen molar-refractivity contribution in [3.63, 3.8) is 0 Å². The molecule has 3 rings (SSSR count). The van der Waals surface area contributed by atoms with Crippen molar-refractivity contribution in [1.29, 1.82) is 0 Å². The fourth-order valence-electron chi connectivity index (χ4n) is 1.60. The zero-order valence-corrected chi connectivity index (χ0v) is 10.3. The largest absolute Gasteiger partial charge is 0.426 e. The van der Waals surface area contributed by atoms with Gasteiger partial charge in [-0.2, -0.15) is 5.10 Å². The van der Waals surface area contributed by atoms with Crippen molar-refractivity contribution in [2.24, 2.45) is 0 Å². The molecular formula is C10H7IN4O. The molecule has 0 aliphatic rings. The van der Waals surface area contributed by atoms with E-state index >= 15 is 0 Å². The zero-order valence-electron chi connectivity index (χ0n) is 8.17. The number of hydrogen-bond donors (Lipinski definition) is 0. The van der Waals surface area contributed by atoms with Crippen molar-refractivity contribution in [2.45, 2.75) is 6.54 Å². The lowest BCUT2D eigenvalue weighted by atomic mass is 10.2. The Balaban J connectivity index is 2.10. The van der Waals surface area contributed by atoms with E-state index < -0.39 is 0 Å². The number of benzene rings is 1. The van der Waals surface area contributed by atoms with Gasteiger partial charge in [0.15, 0.2) is 0 Å². The van der Waals surface area contributed by atoms with Crippen LogP contribution in [0, 0.1) is 3.70 Å². The number of halogens is 1. The Kier molecular flexibility index (Phi) is 2.35. The molecule has 0 spiro atoms. The first-order valence-electron chi connectivity index (χ1n) is 4.70. The minimum absolute atomic E-state index is 0.503. The topological polar surface area (TPSA) is 56.7 Å². The predicted molar refractivity (Wildman–Crippen MR) is 65.9 cm³/mol. The van der Waals surface area contributed by atoms with Crippen LogP contribution in [0.25, 0.3) is 10.9 Å². The number of nitrogens with zero attached hydrogens (tertiary/aromatic N) is 4. The van der Waals surface area contributed by atoms with Gasteiger partial charge in [-0.1, -0.05) is 18.2 Å². The van der Waals surface area contributed by atoms with Crippen molar-refractivity contribution in [2.75, 3.05) is 0 Å². The second-order valence-electron chi connectivity index (χ2n) is 3.30. The molecule has 0 bridgehead atoms. The number of aromatic nitrogens is 4. The highest BCUT2D eigenvalue weighted by atomic mass is 127. The first-order chi connectivity index (χ1) is 7.84. The molecule has 5 nitrogen and oxygen atoms in total. The van der Waals surface area contributed by atoms with Gasteiger partial charge in [-0.15, -0.1) is 10.2 Å². The van der Waals surface area contributed by atoms with Crippen LogP contribution in [0.2, 0.25) is 0 Å². The summed E-state index contributed by atoms with van der Waals surface area (Å²) in [4.78, 5) is 0. The molecule has 0 saturated heterocycles. The van der Waals surface area contributed by atoms with E-state index in [0.717, 1.165) is 14.6 Å². The third kappa shape index (κ3) is 1.58. The summed E-state index contributed by atoms with van der Waals surface area (Å²) < 4.78 is 7.96. The molecule has 2 heterocycles. The fraction of sp³-hybridized carbons (Fsp3) is 0.100. The molecule has 1 aromatic carbocycles. The molecule has 0 N–H and O–H groups in total. The van der Waals surface area contributed by atoms with E-state index in [1.165, 1.54) is 6.39 Å². The summed E-state index contributed by atoms with van der Waals surface area (Å²) >= 11 is 2.22. The van der Waals surface area contributed by atoms with Gasteiger partial charge in [0.2, 0.25) is 12.3 Å². The molecule has 3 aromatic rings. The summed E-state index contributed by atoms with van der Waals surface area (Å²) in [5.41, 5.74) is 1.07. The van der Waals surface area contributed by atoms with Crippen LogP contribution in [-0.2, 0) is 6.54 Å². The summed E-state index contributed by atoms with van der Waals surface area (Å²) in [6, 6.07) is 8.07. The second kappa shape index (κ2) is 3.85. The maximum Gasteiger partial charge on any atom is 0.237 e. The summed E-state index contributed by atoms with van der Waals surface area (Å²) in [5, 5.41) is 13.1. The molecule has 80 valence electrons. The molecule has 0 amide bonds. The molecule has 0 fully saturated rings. The van der Waals surface area contributed by atoms with Gasteiger partial charge in [-0.3, -0.25) is 4.68 Å². The lowest BCUT2D eigenvalue weighted by Crippen LogP contribution is -2.02. The highest BCUT2D eigenvalue weighted by Gasteiger charge is 2.09. The molecule has 16 heavy (non-hydrogen) atoms. The van der Waals surface area contributed by atoms with Gasteiger partial charge in [0.1, 0.15) is 10.2 Å². The monoisotopic (exact) mass is 326 g/mol. The van der Waals surface area contributed by atoms with E-state index in [-0.39, 0.29) is 0 Å². The Bertz CT molecular complexity index is 617. The average Bonchev–Trinajstić information content (AvgIpc) is 2.90. The van der Waals surface area contributed by atoms with Gasteiger partial charge in [0.25, 0.3) is 0 Å². The number of hydrogen-bond acceptors (Lipinski definition) is 4. The first-order valence-corrected chi connectivity index (χ1v) is 5.78. The number of rotatable bonds is 2. The van der Waals surface area contributed by atoms with E-state index in [1.54, 1.807) is 0 Å². The van der Waals surface area contributed by atoms with Crippen molar-refractivity contribution in [1.82, 2.24) is 20.0 Å². The highest BCUT2D eigenvalue weighted by molar-refractivity contribution is 14.1. The molecule has 6 heteroatoms. The van der Waals surface area contributed by atoms with E-state index in [4.69, 9.17) is 4.42 Å². The van der Waals surface area contributed by atoms with Gasteiger partial charge < -0.3 is 4.42 Å². The lowest BCUT2D eigenvalue weighted by molar-refractivity contribution is 0.468. The lowest BCUT2D eigenvalue weighted by Gasteiger charge is -1.98. The van der Waals surface area contributed by atoms with Crippen molar-refractivity contribution < 1.29 is 4.42 Å². The molecule has 0 aliphatic carbocycles. The van der Waals surface area contributed by atoms with E-state index in [1.807, 2.05) is 22.9 Å². The van der Waals surface area contributed by atoms with Crippen LogP contribution in [0.15, 0.2) is 35.1 Å². The molecule has 0 atom stereocenters. The van der Waals surface area contributed by atoms with E-state index in [0.29, 0.717) is 12.4 Å². The maximum atomic E-state index is 5.11.